The first kappa shape index (κ1) is 15.1. The number of nitrogen functional groups attached to an aromatic ring is 1. The van der Waals surface area contributed by atoms with Crippen LogP contribution in [0.3, 0.4) is 0 Å². The predicted molar refractivity (Wildman–Crippen MR) is 82.4 cm³/mol. The van der Waals surface area contributed by atoms with Crippen LogP contribution in [0, 0.1) is 5.82 Å². The standard InChI is InChI=1S/C14H20FN3OS/c1-9-10(2)20-6-5-18(9)8-14(19)17-11-3-4-12(15)13(16)7-11/h3-4,7,9-10H,5-6,8,16H2,1-2H3,(H,17,19). The van der Waals surface area contributed by atoms with Crippen LogP contribution in [0.25, 0.3) is 0 Å². The van der Waals surface area contributed by atoms with Gasteiger partial charge in [0.15, 0.2) is 0 Å². The summed E-state index contributed by atoms with van der Waals surface area (Å²) in [4.78, 5) is 14.2. The summed E-state index contributed by atoms with van der Waals surface area (Å²) in [5.41, 5.74) is 6.05. The Kier molecular flexibility index (Phi) is 4.88. The van der Waals surface area contributed by atoms with E-state index in [9.17, 15) is 9.18 Å². The van der Waals surface area contributed by atoms with Gasteiger partial charge in [-0.3, -0.25) is 9.69 Å². The summed E-state index contributed by atoms with van der Waals surface area (Å²) in [7, 11) is 0. The maximum Gasteiger partial charge on any atom is 0.238 e. The van der Waals surface area contributed by atoms with Crippen LogP contribution in [-0.2, 0) is 4.79 Å². The largest absolute Gasteiger partial charge is 0.396 e. The van der Waals surface area contributed by atoms with E-state index in [2.05, 4.69) is 24.1 Å². The van der Waals surface area contributed by atoms with Crippen LogP contribution < -0.4 is 11.1 Å². The lowest BCUT2D eigenvalue weighted by Crippen LogP contribution is -2.47. The van der Waals surface area contributed by atoms with E-state index in [4.69, 9.17) is 5.73 Å². The zero-order valence-electron chi connectivity index (χ0n) is 11.7. The molecule has 0 saturated carbocycles. The van der Waals surface area contributed by atoms with Gasteiger partial charge in [-0.25, -0.2) is 4.39 Å². The molecule has 2 rings (SSSR count). The lowest BCUT2D eigenvalue weighted by Gasteiger charge is -2.36. The third kappa shape index (κ3) is 3.64. The predicted octanol–water partition coefficient (Wildman–Crippen LogP) is 2.17. The molecule has 1 aliphatic rings. The molecule has 0 spiro atoms. The molecule has 1 saturated heterocycles. The lowest BCUT2D eigenvalue weighted by molar-refractivity contribution is -0.117. The summed E-state index contributed by atoms with van der Waals surface area (Å²) in [5.74, 6) is 0.475. The third-order valence-electron chi connectivity index (χ3n) is 3.64. The number of rotatable bonds is 3. The zero-order valence-corrected chi connectivity index (χ0v) is 12.5. The molecule has 0 aliphatic carbocycles. The molecule has 110 valence electrons. The highest BCUT2D eigenvalue weighted by Gasteiger charge is 2.26. The number of halogens is 1. The van der Waals surface area contributed by atoms with Crippen LogP contribution in [0.5, 0.6) is 0 Å². The molecule has 0 aromatic heterocycles. The molecule has 1 aromatic rings. The van der Waals surface area contributed by atoms with Gasteiger partial charge in [0.05, 0.1) is 12.2 Å². The van der Waals surface area contributed by atoms with E-state index in [1.165, 1.54) is 18.2 Å². The summed E-state index contributed by atoms with van der Waals surface area (Å²) in [6.45, 7) is 5.58. The van der Waals surface area contributed by atoms with Crippen molar-refractivity contribution in [2.24, 2.45) is 0 Å². The Morgan fingerprint density at radius 3 is 3.00 bits per heavy atom. The number of carbonyl (C=O) groups is 1. The molecular formula is C14H20FN3OS. The van der Waals surface area contributed by atoms with Crippen molar-refractivity contribution in [2.75, 3.05) is 29.9 Å². The number of benzene rings is 1. The number of anilines is 2. The van der Waals surface area contributed by atoms with E-state index in [0.717, 1.165) is 12.3 Å². The van der Waals surface area contributed by atoms with E-state index in [-0.39, 0.29) is 11.6 Å². The molecule has 1 aromatic carbocycles. The number of nitrogens with one attached hydrogen (secondary N) is 1. The quantitative estimate of drug-likeness (QED) is 0.840. The Hall–Kier alpha value is -1.27. The van der Waals surface area contributed by atoms with Gasteiger partial charge in [0, 0.05) is 29.3 Å². The highest BCUT2D eigenvalue weighted by Crippen LogP contribution is 2.24. The molecule has 20 heavy (non-hydrogen) atoms. The van der Waals surface area contributed by atoms with Crippen LogP contribution in [0.1, 0.15) is 13.8 Å². The van der Waals surface area contributed by atoms with Gasteiger partial charge in [0.1, 0.15) is 5.82 Å². The van der Waals surface area contributed by atoms with Crippen LogP contribution in [-0.4, -0.2) is 40.9 Å². The Morgan fingerprint density at radius 1 is 1.55 bits per heavy atom. The van der Waals surface area contributed by atoms with Gasteiger partial charge >= 0.3 is 0 Å². The van der Waals surface area contributed by atoms with Crippen LogP contribution in [0.15, 0.2) is 18.2 Å². The monoisotopic (exact) mass is 297 g/mol. The fraction of sp³-hybridized carbons (Fsp3) is 0.500. The Labute approximate surface area is 122 Å². The van der Waals surface area contributed by atoms with Crippen molar-refractivity contribution in [1.29, 1.82) is 0 Å². The molecule has 3 N–H and O–H groups in total. The summed E-state index contributed by atoms with van der Waals surface area (Å²) in [6, 6.07) is 4.58. The maximum atomic E-state index is 13.1. The van der Waals surface area contributed by atoms with E-state index in [0.29, 0.717) is 23.5 Å². The number of hydrogen-bond acceptors (Lipinski definition) is 4. The minimum Gasteiger partial charge on any atom is -0.396 e. The van der Waals surface area contributed by atoms with E-state index in [1.807, 2.05) is 11.8 Å². The van der Waals surface area contributed by atoms with Gasteiger partial charge in [0.25, 0.3) is 0 Å². The first-order chi connectivity index (χ1) is 9.47. The maximum absolute atomic E-state index is 13.1. The van der Waals surface area contributed by atoms with Gasteiger partial charge < -0.3 is 11.1 Å². The SMILES string of the molecule is CC1SCCN(CC(=O)Nc2ccc(F)c(N)c2)C1C. The smallest absolute Gasteiger partial charge is 0.238 e. The zero-order chi connectivity index (χ0) is 14.7. The van der Waals surface area contributed by atoms with Gasteiger partial charge in [0.2, 0.25) is 5.91 Å². The third-order valence-corrected chi connectivity index (χ3v) is 4.98. The van der Waals surface area contributed by atoms with E-state index in [1.54, 1.807) is 0 Å². The molecule has 2 unspecified atom stereocenters. The molecular weight excluding hydrogens is 277 g/mol. The Morgan fingerprint density at radius 2 is 2.30 bits per heavy atom. The van der Waals surface area contributed by atoms with Crippen molar-refractivity contribution in [3.8, 4) is 0 Å². The van der Waals surface area contributed by atoms with Crippen molar-refractivity contribution in [1.82, 2.24) is 4.90 Å². The van der Waals surface area contributed by atoms with Crippen LogP contribution >= 0.6 is 11.8 Å². The number of nitrogens with two attached hydrogens (primary N) is 1. The molecule has 1 aliphatic heterocycles. The van der Waals surface area contributed by atoms with Gasteiger partial charge in [-0.1, -0.05) is 6.92 Å². The second-order valence-electron chi connectivity index (χ2n) is 5.07. The average Bonchev–Trinajstić information content (AvgIpc) is 2.39. The normalized spacial score (nSPS) is 23.6. The Balaban J connectivity index is 1.93. The van der Waals surface area contributed by atoms with Gasteiger partial charge in [-0.15, -0.1) is 0 Å². The number of amides is 1. The number of carbonyl (C=O) groups excluding carboxylic acids is 1. The molecule has 1 fully saturated rings. The lowest BCUT2D eigenvalue weighted by atomic mass is 10.2. The summed E-state index contributed by atoms with van der Waals surface area (Å²) >= 11 is 1.93. The summed E-state index contributed by atoms with van der Waals surface area (Å²) in [5, 5.41) is 3.28. The highest BCUT2D eigenvalue weighted by molar-refractivity contribution is 8.00. The highest BCUT2D eigenvalue weighted by atomic mass is 32.2. The summed E-state index contributed by atoms with van der Waals surface area (Å²) < 4.78 is 13.1. The van der Waals surface area contributed by atoms with Crippen LogP contribution in [0.2, 0.25) is 0 Å². The van der Waals surface area contributed by atoms with Crippen molar-refractivity contribution in [3.63, 3.8) is 0 Å². The van der Waals surface area contributed by atoms with Crippen molar-refractivity contribution in [3.05, 3.63) is 24.0 Å². The minimum atomic E-state index is -0.474. The number of thioether (sulfide) groups is 1. The molecule has 2 atom stereocenters. The second-order valence-corrected chi connectivity index (χ2v) is 6.56. The second kappa shape index (κ2) is 6.45. The number of hydrogen-bond donors (Lipinski definition) is 2. The first-order valence-electron chi connectivity index (χ1n) is 6.68. The fourth-order valence-electron chi connectivity index (χ4n) is 2.23. The number of nitrogens with zero attached hydrogens (tertiary/aromatic N) is 1. The topological polar surface area (TPSA) is 58.4 Å². The van der Waals surface area contributed by atoms with Gasteiger partial charge in [-0.05, 0) is 25.1 Å². The molecule has 4 nitrogen and oxygen atoms in total. The van der Waals surface area contributed by atoms with Crippen LogP contribution in [0.4, 0.5) is 15.8 Å². The van der Waals surface area contributed by atoms with Crippen molar-refractivity contribution >= 4 is 29.0 Å². The average molecular weight is 297 g/mol. The van der Waals surface area contributed by atoms with E-state index >= 15 is 0 Å². The first-order valence-corrected chi connectivity index (χ1v) is 7.73. The molecule has 1 heterocycles. The molecule has 6 heteroatoms. The summed E-state index contributed by atoms with van der Waals surface area (Å²) in [6.07, 6.45) is 0. The molecule has 0 bridgehead atoms. The molecule has 1 amide bonds. The Bertz CT molecular complexity index is 497. The van der Waals surface area contributed by atoms with Crippen molar-refractivity contribution in [2.45, 2.75) is 25.1 Å². The minimum absolute atomic E-state index is 0.0409. The van der Waals surface area contributed by atoms with Gasteiger partial charge in [-0.2, -0.15) is 11.8 Å². The molecule has 0 radical (unpaired) electrons. The van der Waals surface area contributed by atoms with E-state index < -0.39 is 5.82 Å². The fourth-order valence-corrected chi connectivity index (χ4v) is 3.39. The van der Waals surface area contributed by atoms with Crippen molar-refractivity contribution < 1.29 is 9.18 Å².